The van der Waals surface area contributed by atoms with Crippen molar-refractivity contribution in [2.45, 2.75) is 26.4 Å². The summed E-state index contributed by atoms with van der Waals surface area (Å²) in [6, 6.07) is 20.0. The number of hydrogen-bond donors (Lipinski definition) is 1. The summed E-state index contributed by atoms with van der Waals surface area (Å²) in [5.74, 6) is -0.713. The molecule has 1 amide bonds. The maximum atomic E-state index is 13.0. The van der Waals surface area contributed by atoms with Gasteiger partial charge in [-0.2, -0.15) is 0 Å². The van der Waals surface area contributed by atoms with Crippen molar-refractivity contribution in [3.05, 3.63) is 95.3 Å². The van der Waals surface area contributed by atoms with Crippen molar-refractivity contribution < 1.29 is 23.5 Å². The van der Waals surface area contributed by atoms with Crippen LogP contribution in [0.25, 0.3) is 0 Å². The Morgan fingerprint density at radius 3 is 2.29 bits per heavy atom. The number of benzene rings is 3. The van der Waals surface area contributed by atoms with Gasteiger partial charge in [-0.05, 0) is 53.4 Å². The van der Waals surface area contributed by atoms with E-state index in [9.17, 15) is 14.0 Å². The number of para-hydroxylation sites is 1. The lowest BCUT2D eigenvalue weighted by molar-refractivity contribution is -0.119. The van der Waals surface area contributed by atoms with Gasteiger partial charge in [0, 0.05) is 5.69 Å². The van der Waals surface area contributed by atoms with Gasteiger partial charge in [-0.3, -0.25) is 4.79 Å². The molecule has 3 aromatic rings. The largest absolute Gasteiger partial charge is 0.488 e. The Balaban J connectivity index is 1.55. The lowest BCUT2D eigenvalue weighted by atomic mass is 10.0. The van der Waals surface area contributed by atoms with Crippen LogP contribution in [0, 0.1) is 5.82 Å². The van der Waals surface area contributed by atoms with Crippen molar-refractivity contribution in [1.82, 2.24) is 0 Å². The van der Waals surface area contributed by atoms with Crippen LogP contribution in [0.15, 0.2) is 72.8 Å². The summed E-state index contributed by atoms with van der Waals surface area (Å²) in [5, 5.41) is 2.70. The molecule has 0 saturated carbocycles. The SMILES string of the molecule is CC(C)c1ccc(NC(=O)COC(=O)c2ccccc2OCc2ccc(F)cc2)cc1. The van der Waals surface area contributed by atoms with E-state index in [-0.39, 0.29) is 18.0 Å². The number of rotatable bonds is 8. The number of ether oxygens (including phenoxy) is 2. The Morgan fingerprint density at radius 1 is 0.935 bits per heavy atom. The Hall–Kier alpha value is -3.67. The zero-order valence-electron chi connectivity index (χ0n) is 17.4. The number of carbonyl (C=O) groups is 2. The molecule has 160 valence electrons. The first-order valence-electron chi connectivity index (χ1n) is 9.95. The first-order valence-corrected chi connectivity index (χ1v) is 9.95. The van der Waals surface area contributed by atoms with Gasteiger partial charge in [0.15, 0.2) is 6.61 Å². The van der Waals surface area contributed by atoms with Gasteiger partial charge in [0.1, 0.15) is 23.7 Å². The fourth-order valence-corrected chi connectivity index (χ4v) is 2.86. The second-order valence-corrected chi connectivity index (χ2v) is 7.31. The van der Waals surface area contributed by atoms with Gasteiger partial charge in [0.25, 0.3) is 5.91 Å². The van der Waals surface area contributed by atoms with Crippen molar-refractivity contribution in [2.24, 2.45) is 0 Å². The van der Waals surface area contributed by atoms with E-state index in [0.717, 1.165) is 5.56 Å². The smallest absolute Gasteiger partial charge is 0.342 e. The van der Waals surface area contributed by atoms with Gasteiger partial charge in [0.05, 0.1) is 0 Å². The van der Waals surface area contributed by atoms with Gasteiger partial charge in [-0.1, -0.05) is 50.2 Å². The third-order valence-electron chi connectivity index (χ3n) is 4.61. The van der Waals surface area contributed by atoms with Crippen LogP contribution in [0.5, 0.6) is 5.75 Å². The van der Waals surface area contributed by atoms with E-state index in [1.807, 2.05) is 24.3 Å². The highest BCUT2D eigenvalue weighted by Gasteiger charge is 2.15. The standard InChI is InChI=1S/C25H24FNO4/c1-17(2)19-9-13-21(14-10-19)27-24(28)16-31-25(29)22-5-3-4-6-23(22)30-15-18-7-11-20(26)12-8-18/h3-14,17H,15-16H2,1-2H3,(H,27,28). The van der Waals surface area contributed by atoms with E-state index in [0.29, 0.717) is 17.4 Å². The molecule has 3 aromatic carbocycles. The lowest BCUT2D eigenvalue weighted by Crippen LogP contribution is -2.21. The predicted octanol–water partition coefficient (Wildman–Crippen LogP) is 5.32. The number of esters is 1. The average Bonchev–Trinajstić information content (AvgIpc) is 2.77. The summed E-state index contributed by atoms with van der Waals surface area (Å²) in [4.78, 5) is 24.6. The van der Waals surface area contributed by atoms with E-state index >= 15 is 0 Å². The number of anilines is 1. The highest BCUT2D eigenvalue weighted by Crippen LogP contribution is 2.21. The summed E-state index contributed by atoms with van der Waals surface area (Å²) >= 11 is 0. The normalized spacial score (nSPS) is 10.6. The van der Waals surface area contributed by atoms with E-state index in [1.165, 1.54) is 17.7 Å². The molecule has 0 unspecified atom stereocenters. The van der Waals surface area contributed by atoms with Gasteiger partial charge in [-0.25, -0.2) is 9.18 Å². The molecule has 5 nitrogen and oxygen atoms in total. The molecule has 0 aliphatic carbocycles. The molecule has 31 heavy (non-hydrogen) atoms. The lowest BCUT2D eigenvalue weighted by Gasteiger charge is -2.12. The quantitative estimate of drug-likeness (QED) is 0.500. The molecular formula is C25H24FNO4. The van der Waals surface area contributed by atoms with Crippen LogP contribution in [0.4, 0.5) is 10.1 Å². The molecule has 0 aliphatic rings. The number of amides is 1. The maximum absolute atomic E-state index is 13.0. The van der Waals surface area contributed by atoms with Crippen LogP contribution < -0.4 is 10.1 Å². The molecular weight excluding hydrogens is 397 g/mol. The van der Waals surface area contributed by atoms with E-state index in [4.69, 9.17) is 9.47 Å². The topological polar surface area (TPSA) is 64.6 Å². The van der Waals surface area contributed by atoms with Crippen molar-refractivity contribution in [1.29, 1.82) is 0 Å². The van der Waals surface area contributed by atoms with Crippen molar-refractivity contribution in [3.63, 3.8) is 0 Å². The highest BCUT2D eigenvalue weighted by molar-refractivity contribution is 5.96. The second kappa shape index (κ2) is 10.4. The molecule has 0 heterocycles. The predicted molar refractivity (Wildman–Crippen MR) is 117 cm³/mol. The van der Waals surface area contributed by atoms with E-state index in [1.54, 1.807) is 36.4 Å². The number of nitrogens with one attached hydrogen (secondary N) is 1. The van der Waals surface area contributed by atoms with Crippen LogP contribution in [0.1, 0.15) is 41.3 Å². The number of halogens is 1. The molecule has 0 fully saturated rings. The summed E-state index contributed by atoms with van der Waals surface area (Å²) in [6.07, 6.45) is 0. The summed E-state index contributed by atoms with van der Waals surface area (Å²) in [5.41, 5.74) is 2.77. The molecule has 0 saturated heterocycles. The van der Waals surface area contributed by atoms with Crippen LogP contribution in [0.3, 0.4) is 0 Å². The maximum Gasteiger partial charge on any atom is 0.342 e. The minimum Gasteiger partial charge on any atom is -0.488 e. The molecule has 0 spiro atoms. The van der Waals surface area contributed by atoms with E-state index < -0.39 is 18.5 Å². The van der Waals surface area contributed by atoms with E-state index in [2.05, 4.69) is 19.2 Å². The molecule has 0 aromatic heterocycles. The molecule has 0 bridgehead atoms. The minimum absolute atomic E-state index is 0.164. The Bertz CT molecular complexity index is 1030. The first-order chi connectivity index (χ1) is 14.9. The van der Waals surface area contributed by atoms with Gasteiger partial charge in [-0.15, -0.1) is 0 Å². The molecule has 1 N–H and O–H groups in total. The van der Waals surface area contributed by atoms with Crippen LogP contribution in [-0.4, -0.2) is 18.5 Å². The fraction of sp³-hybridized carbons (Fsp3) is 0.200. The first kappa shape index (κ1) is 22.0. The van der Waals surface area contributed by atoms with Gasteiger partial charge < -0.3 is 14.8 Å². The molecule has 0 aliphatic heterocycles. The van der Waals surface area contributed by atoms with Crippen LogP contribution >= 0.6 is 0 Å². The zero-order valence-corrected chi connectivity index (χ0v) is 17.4. The van der Waals surface area contributed by atoms with Gasteiger partial charge >= 0.3 is 5.97 Å². The van der Waals surface area contributed by atoms with Gasteiger partial charge in [0.2, 0.25) is 0 Å². The Labute approximate surface area is 180 Å². The van der Waals surface area contributed by atoms with Crippen molar-refractivity contribution in [2.75, 3.05) is 11.9 Å². The number of carbonyl (C=O) groups excluding carboxylic acids is 2. The zero-order chi connectivity index (χ0) is 22.2. The van der Waals surface area contributed by atoms with Crippen LogP contribution in [0.2, 0.25) is 0 Å². The number of hydrogen-bond acceptors (Lipinski definition) is 4. The summed E-state index contributed by atoms with van der Waals surface area (Å²) in [7, 11) is 0. The third-order valence-corrected chi connectivity index (χ3v) is 4.61. The highest BCUT2D eigenvalue weighted by atomic mass is 19.1. The third kappa shape index (κ3) is 6.40. The van der Waals surface area contributed by atoms with Crippen molar-refractivity contribution in [3.8, 4) is 5.75 Å². The molecule has 3 rings (SSSR count). The average molecular weight is 421 g/mol. The fourth-order valence-electron chi connectivity index (χ4n) is 2.86. The minimum atomic E-state index is -0.667. The van der Waals surface area contributed by atoms with Crippen molar-refractivity contribution >= 4 is 17.6 Å². The summed E-state index contributed by atoms with van der Waals surface area (Å²) in [6.45, 7) is 3.93. The molecule has 0 radical (unpaired) electrons. The second-order valence-electron chi connectivity index (χ2n) is 7.31. The van der Waals surface area contributed by atoms with Crippen LogP contribution in [-0.2, 0) is 16.1 Å². The Morgan fingerprint density at radius 2 is 1.61 bits per heavy atom. The molecule has 0 atom stereocenters. The summed E-state index contributed by atoms with van der Waals surface area (Å²) < 4.78 is 23.9. The monoisotopic (exact) mass is 421 g/mol. The Kier molecular flexibility index (Phi) is 7.38. The molecule has 6 heteroatoms.